The first kappa shape index (κ1) is 24.4. The van der Waals surface area contributed by atoms with E-state index in [1.54, 1.807) is 39.7 Å². The quantitative estimate of drug-likeness (QED) is 0.241. The second kappa shape index (κ2) is 11.6. The lowest BCUT2D eigenvalue weighted by molar-refractivity contribution is 0.100. The van der Waals surface area contributed by atoms with Gasteiger partial charge in [0.05, 0.1) is 34.1 Å². The summed E-state index contributed by atoms with van der Waals surface area (Å²) >= 11 is 0. The Morgan fingerprint density at radius 3 is 2.12 bits per heavy atom. The molecule has 0 bridgehead atoms. The van der Waals surface area contributed by atoms with Crippen molar-refractivity contribution in [3.8, 4) is 28.7 Å². The van der Waals surface area contributed by atoms with Crippen LogP contribution < -0.4 is 18.9 Å². The number of phenolic OH excluding ortho intramolecular Hbond substituents is 1. The highest BCUT2D eigenvalue weighted by Crippen LogP contribution is 2.38. The summed E-state index contributed by atoms with van der Waals surface area (Å²) < 4.78 is 21.2. The predicted molar refractivity (Wildman–Crippen MR) is 133 cm³/mol. The summed E-state index contributed by atoms with van der Waals surface area (Å²) in [7, 11) is 6.18. The van der Waals surface area contributed by atoms with Crippen LogP contribution in [-0.4, -0.2) is 45.5 Å². The van der Waals surface area contributed by atoms with Crippen molar-refractivity contribution in [2.75, 3.05) is 28.4 Å². The molecule has 0 aliphatic carbocycles. The minimum atomic E-state index is -0.153. The number of carbonyl (C=O) groups is 1. The summed E-state index contributed by atoms with van der Waals surface area (Å²) in [5, 5.41) is 9.85. The van der Waals surface area contributed by atoms with Crippen LogP contribution in [0.25, 0.3) is 12.2 Å². The van der Waals surface area contributed by atoms with E-state index in [4.69, 9.17) is 18.9 Å². The minimum Gasteiger partial charge on any atom is -0.504 e. The number of aliphatic imine (C=N–C) groups is 1. The summed E-state index contributed by atoms with van der Waals surface area (Å²) in [6.07, 6.45) is 5.56. The van der Waals surface area contributed by atoms with Gasteiger partial charge >= 0.3 is 0 Å². The van der Waals surface area contributed by atoms with Crippen LogP contribution in [0.3, 0.4) is 0 Å². The number of hydrogen-bond donors (Lipinski definition) is 1. The van der Waals surface area contributed by atoms with Crippen molar-refractivity contribution in [1.29, 1.82) is 0 Å². The zero-order valence-electron chi connectivity index (χ0n) is 19.6. The molecule has 0 amide bonds. The number of nitrogens with zero attached hydrogens (tertiary/aromatic N) is 1. The highest BCUT2D eigenvalue weighted by atomic mass is 16.5. The number of hydrogen-bond acceptors (Lipinski definition) is 7. The van der Waals surface area contributed by atoms with E-state index in [1.165, 1.54) is 13.2 Å². The zero-order chi connectivity index (χ0) is 24.5. The van der Waals surface area contributed by atoms with E-state index in [0.29, 0.717) is 28.6 Å². The molecule has 0 spiro atoms. The Morgan fingerprint density at radius 2 is 1.50 bits per heavy atom. The second-order valence-corrected chi connectivity index (χ2v) is 7.21. The van der Waals surface area contributed by atoms with E-state index in [9.17, 15) is 9.90 Å². The Hall–Kier alpha value is -4.26. The highest BCUT2D eigenvalue weighted by molar-refractivity contribution is 6.04. The van der Waals surface area contributed by atoms with E-state index < -0.39 is 0 Å². The molecule has 0 aromatic heterocycles. The molecule has 7 heteroatoms. The molecule has 0 aliphatic heterocycles. The minimum absolute atomic E-state index is 0.0723. The third-order valence-electron chi connectivity index (χ3n) is 5.04. The molecule has 0 aliphatic rings. The van der Waals surface area contributed by atoms with Crippen LogP contribution in [0.5, 0.6) is 28.7 Å². The molecule has 0 saturated carbocycles. The molecular formula is C27H27NO6. The van der Waals surface area contributed by atoms with Gasteiger partial charge in [0.25, 0.3) is 0 Å². The normalized spacial score (nSPS) is 11.1. The number of carbonyl (C=O) groups excluding carboxylic acids is 1. The van der Waals surface area contributed by atoms with Gasteiger partial charge in [-0.05, 0) is 53.6 Å². The molecule has 0 radical (unpaired) electrons. The van der Waals surface area contributed by atoms with Crippen molar-refractivity contribution in [2.45, 2.75) is 6.42 Å². The summed E-state index contributed by atoms with van der Waals surface area (Å²) in [5.41, 5.74) is 2.94. The fourth-order valence-electron chi connectivity index (χ4n) is 3.31. The van der Waals surface area contributed by atoms with Gasteiger partial charge in [-0.25, -0.2) is 0 Å². The maximum absolute atomic E-state index is 12.4. The van der Waals surface area contributed by atoms with Gasteiger partial charge in [-0.3, -0.25) is 9.79 Å². The molecule has 0 saturated heterocycles. The first-order valence-corrected chi connectivity index (χ1v) is 10.5. The van der Waals surface area contributed by atoms with Crippen LogP contribution in [0.2, 0.25) is 0 Å². The van der Waals surface area contributed by atoms with Crippen LogP contribution in [0.4, 0.5) is 5.69 Å². The number of methoxy groups -OCH3 is 4. The van der Waals surface area contributed by atoms with Crippen molar-refractivity contribution < 1.29 is 28.8 Å². The Morgan fingerprint density at radius 1 is 0.824 bits per heavy atom. The van der Waals surface area contributed by atoms with Crippen molar-refractivity contribution in [3.05, 3.63) is 71.3 Å². The Balaban J connectivity index is 1.70. The lowest BCUT2D eigenvalue weighted by atomic mass is 10.1. The van der Waals surface area contributed by atoms with E-state index in [-0.39, 0.29) is 18.0 Å². The molecular weight excluding hydrogens is 434 g/mol. The Bertz CT molecular complexity index is 1190. The van der Waals surface area contributed by atoms with Gasteiger partial charge in [0, 0.05) is 18.2 Å². The van der Waals surface area contributed by atoms with Crippen molar-refractivity contribution in [3.63, 3.8) is 0 Å². The van der Waals surface area contributed by atoms with Crippen LogP contribution in [0, 0.1) is 0 Å². The number of ketones is 1. The predicted octanol–water partition coefficient (Wildman–Crippen LogP) is 5.57. The fourth-order valence-corrected chi connectivity index (χ4v) is 3.31. The standard InChI is InChI=1S/C27H27NO6/c1-31-24-11-10-20(17-23(24)30)22(29)12-13-28-21-7-5-6-18(14-21)8-9-19-15-25(32-2)27(34-4)26(16-19)33-3/h5-11,13-17,30H,12H2,1-4H3/b9-8-,28-13?. The average molecular weight is 462 g/mol. The lowest BCUT2D eigenvalue weighted by Gasteiger charge is -2.12. The maximum Gasteiger partial charge on any atom is 0.203 e. The first-order chi connectivity index (χ1) is 16.5. The maximum atomic E-state index is 12.4. The number of rotatable bonds is 10. The molecule has 176 valence electrons. The summed E-state index contributed by atoms with van der Waals surface area (Å²) in [4.78, 5) is 16.8. The number of Topliss-reactive ketones (excluding diaryl/α,β-unsaturated/α-hetero) is 1. The molecule has 0 unspecified atom stereocenters. The Kier molecular flexibility index (Phi) is 8.29. The van der Waals surface area contributed by atoms with Gasteiger partial charge in [0.2, 0.25) is 5.75 Å². The van der Waals surface area contributed by atoms with Crippen LogP contribution in [0.15, 0.2) is 59.6 Å². The van der Waals surface area contributed by atoms with E-state index in [1.807, 2.05) is 48.6 Å². The van der Waals surface area contributed by atoms with Gasteiger partial charge in [0.1, 0.15) is 0 Å². The Labute approximate surface area is 198 Å². The van der Waals surface area contributed by atoms with E-state index in [0.717, 1.165) is 16.8 Å². The van der Waals surface area contributed by atoms with E-state index >= 15 is 0 Å². The first-order valence-electron chi connectivity index (χ1n) is 10.5. The molecule has 0 fully saturated rings. The topological polar surface area (TPSA) is 86.6 Å². The van der Waals surface area contributed by atoms with Crippen molar-refractivity contribution >= 4 is 29.8 Å². The van der Waals surface area contributed by atoms with Gasteiger partial charge < -0.3 is 24.1 Å². The molecule has 1 N–H and O–H groups in total. The van der Waals surface area contributed by atoms with Crippen LogP contribution >= 0.6 is 0 Å². The monoisotopic (exact) mass is 461 g/mol. The molecule has 34 heavy (non-hydrogen) atoms. The number of ether oxygens (including phenoxy) is 4. The zero-order valence-corrected chi connectivity index (χ0v) is 19.6. The summed E-state index contributed by atoms with van der Waals surface area (Å²) in [5.74, 6) is 1.79. The number of aromatic hydroxyl groups is 1. The van der Waals surface area contributed by atoms with Crippen LogP contribution in [-0.2, 0) is 0 Å². The lowest BCUT2D eigenvalue weighted by Crippen LogP contribution is -1.99. The molecule has 0 heterocycles. The third-order valence-corrected chi connectivity index (χ3v) is 5.04. The molecule has 3 aromatic rings. The summed E-state index contributed by atoms with van der Waals surface area (Å²) in [6, 6.07) is 15.9. The SMILES string of the molecule is COc1ccc(C(=O)CC=Nc2cccc(/C=C\c3cc(OC)c(OC)c(OC)c3)c2)cc1O. The van der Waals surface area contributed by atoms with Gasteiger partial charge in [-0.15, -0.1) is 0 Å². The number of phenols is 1. The molecule has 0 atom stereocenters. The summed E-state index contributed by atoms with van der Waals surface area (Å²) in [6.45, 7) is 0. The van der Waals surface area contributed by atoms with Crippen molar-refractivity contribution in [2.24, 2.45) is 4.99 Å². The molecule has 3 rings (SSSR count). The van der Waals surface area contributed by atoms with Gasteiger partial charge in [0.15, 0.2) is 28.8 Å². The van der Waals surface area contributed by atoms with Gasteiger partial charge in [-0.1, -0.05) is 24.3 Å². The highest BCUT2D eigenvalue weighted by Gasteiger charge is 2.12. The molecule has 7 nitrogen and oxygen atoms in total. The average Bonchev–Trinajstić information content (AvgIpc) is 2.86. The second-order valence-electron chi connectivity index (χ2n) is 7.21. The van der Waals surface area contributed by atoms with Gasteiger partial charge in [-0.2, -0.15) is 0 Å². The third kappa shape index (κ3) is 5.95. The van der Waals surface area contributed by atoms with Crippen molar-refractivity contribution in [1.82, 2.24) is 0 Å². The number of benzene rings is 3. The largest absolute Gasteiger partial charge is 0.504 e. The van der Waals surface area contributed by atoms with E-state index in [2.05, 4.69) is 4.99 Å². The van der Waals surface area contributed by atoms with Crippen LogP contribution in [0.1, 0.15) is 27.9 Å². The molecule has 3 aromatic carbocycles. The smallest absolute Gasteiger partial charge is 0.203 e. The fraction of sp³-hybridized carbons (Fsp3) is 0.185.